The number of aromatic hydroxyl groups is 1. The maximum atomic E-state index is 14.2. The normalized spacial score (nSPS) is 26.0. The van der Waals surface area contributed by atoms with E-state index in [4.69, 9.17) is 0 Å². The number of imide groups is 1. The van der Waals surface area contributed by atoms with Gasteiger partial charge in [0.05, 0.1) is 16.9 Å². The number of para-hydroxylation sites is 1. The number of likely N-dealkylation sites (N-methyl/N-ethyl adjacent to an activating group) is 1. The summed E-state index contributed by atoms with van der Waals surface area (Å²) in [6.45, 7) is 9.58. The van der Waals surface area contributed by atoms with Gasteiger partial charge in [-0.25, -0.2) is 4.39 Å². The summed E-state index contributed by atoms with van der Waals surface area (Å²) < 4.78 is 14.2. The minimum absolute atomic E-state index is 0.0583. The molecule has 14 heteroatoms. The fourth-order valence-electron chi connectivity index (χ4n) is 10.4. The van der Waals surface area contributed by atoms with Crippen LogP contribution in [0.3, 0.4) is 0 Å². The standard InChI is InChI=1S/C42H52FN9O4/c1-3-42-21-30(24-52(42)36-20-34(46-47-39(36)44-25-42)31-5-4-6-33(43)38(31)54)48(2)28-13-15-49(16-14-28)22-26-11-17-50(18-12-26)29-8-7-27-23-51(41(56)32(27)19-29)35-9-10-37(53)45-40(35)55/h4-8,19-20,26,28,30,35,54H,3,9-18,21-25H2,1-2H3,(H,44,47)(H,45,53,55)/t30-,35+,42-/m1/s1. The minimum Gasteiger partial charge on any atom is -0.504 e. The number of amides is 3. The fraction of sp³-hybridized carbons (Fsp3) is 0.548. The van der Waals surface area contributed by atoms with Crippen molar-refractivity contribution in [1.82, 2.24) is 30.2 Å². The zero-order valence-corrected chi connectivity index (χ0v) is 32.3. The maximum absolute atomic E-state index is 14.2. The lowest BCUT2D eigenvalue weighted by atomic mass is 9.88. The van der Waals surface area contributed by atoms with Gasteiger partial charge in [-0.3, -0.25) is 24.6 Å². The van der Waals surface area contributed by atoms with Crippen molar-refractivity contribution in [2.45, 2.75) is 88.5 Å². The quantitative estimate of drug-likeness (QED) is 0.285. The lowest BCUT2D eigenvalue weighted by molar-refractivity contribution is -0.136. The molecule has 6 aliphatic heterocycles. The van der Waals surface area contributed by atoms with Gasteiger partial charge in [-0.05, 0) is 107 Å². The number of rotatable bonds is 8. The number of carbonyl (C=O) groups is 3. The summed E-state index contributed by atoms with van der Waals surface area (Å²) in [6, 6.07) is 12.9. The van der Waals surface area contributed by atoms with Crippen molar-refractivity contribution >= 4 is 34.9 Å². The van der Waals surface area contributed by atoms with Crippen LogP contribution in [0.5, 0.6) is 5.75 Å². The number of halogens is 1. The first-order valence-electron chi connectivity index (χ1n) is 20.4. The molecule has 3 aromatic rings. The van der Waals surface area contributed by atoms with E-state index < -0.39 is 17.6 Å². The van der Waals surface area contributed by atoms with Gasteiger partial charge < -0.3 is 30.0 Å². The Morgan fingerprint density at radius 3 is 2.54 bits per heavy atom. The van der Waals surface area contributed by atoms with Crippen molar-refractivity contribution in [3.63, 3.8) is 0 Å². The van der Waals surface area contributed by atoms with Gasteiger partial charge in [0.15, 0.2) is 17.4 Å². The largest absolute Gasteiger partial charge is 0.504 e. The second-order valence-corrected chi connectivity index (χ2v) is 16.9. The van der Waals surface area contributed by atoms with E-state index in [2.05, 4.69) is 60.5 Å². The van der Waals surface area contributed by atoms with E-state index in [1.807, 2.05) is 18.2 Å². The highest BCUT2D eigenvalue weighted by Gasteiger charge is 2.50. The molecule has 0 saturated carbocycles. The van der Waals surface area contributed by atoms with Crippen LogP contribution in [0.2, 0.25) is 0 Å². The number of anilines is 3. The van der Waals surface area contributed by atoms with E-state index in [1.165, 1.54) is 6.07 Å². The lowest BCUT2D eigenvalue weighted by Crippen LogP contribution is -2.52. The summed E-state index contributed by atoms with van der Waals surface area (Å²) in [5.74, 6) is -0.467. The smallest absolute Gasteiger partial charge is 0.255 e. The van der Waals surface area contributed by atoms with E-state index in [-0.39, 0.29) is 29.7 Å². The molecule has 56 heavy (non-hydrogen) atoms. The predicted molar refractivity (Wildman–Crippen MR) is 211 cm³/mol. The average molecular weight is 766 g/mol. The molecule has 0 radical (unpaired) electrons. The monoisotopic (exact) mass is 765 g/mol. The number of phenolic OH excluding ortho intramolecular Hbond substituents is 1. The summed E-state index contributed by atoms with van der Waals surface area (Å²) in [4.78, 5) is 49.3. The molecular formula is C42H52FN9O4. The molecule has 9 rings (SSSR count). The van der Waals surface area contributed by atoms with Gasteiger partial charge in [0.1, 0.15) is 6.04 Å². The van der Waals surface area contributed by atoms with Crippen molar-refractivity contribution in [3.8, 4) is 17.0 Å². The van der Waals surface area contributed by atoms with Crippen molar-refractivity contribution in [2.24, 2.45) is 5.92 Å². The Kier molecular flexibility index (Phi) is 9.59. The summed E-state index contributed by atoms with van der Waals surface area (Å²) >= 11 is 0. The molecule has 3 atom stereocenters. The molecule has 7 heterocycles. The molecule has 4 saturated heterocycles. The molecular weight excluding hydrogens is 714 g/mol. The van der Waals surface area contributed by atoms with Crippen molar-refractivity contribution in [2.75, 3.05) is 68.0 Å². The SMILES string of the molecule is CC[C@@]12CNc3nnc(-c4cccc(F)c4O)cc3N1C[C@H](N(C)C1CCN(CC3CCN(c4ccc5c(c4)C(=O)N([C@H]4CCC(=O)NC4=O)C5)CC3)CC1)C2. The number of benzene rings is 2. The van der Waals surface area contributed by atoms with E-state index in [9.17, 15) is 23.9 Å². The van der Waals surface area contributed by atoms with Crippen molar-refractivity contribution in [3.05, 3.63) is 59.4 Å². The predicted octanol–water partition coefficient (Wildman–Crippen LogP) is 4.22. The molecule has 3 N–H and O–H groups in total. The Bertz CT molecular complexity index is 2030. The van der Waals surface area contributed by atoms with Crippen LogP contribution in [0.1, 0.15) is 74.2 Å². The van der Waals surface area contributed by atoms with Crippen LogP contribution in [0.4, 0.5) is 21.6 Å². The molecule has 0 aliphatic carbocycles. The summed E-state index contributed by atoms with van der Waals surface area (Å²) in [6.07, 6.45) is 7.18. The lowest BCUT2D eigenvalue weighted by Gasteiger charge is -2.44. The Labute approximate surface area is 327 Å². The highest BCUT2D eigenvalue weighted by molar-refractivity contribution is 6.05. The topological polar surface area (TPSA) is 137 Å². The van der Waals surface area contributed by atoms with Crippen molar-refractivity contribution in [1.29, 1.82) is 0 Å². The van der Waals surface area contributed by atoms with E-state index in [0.717, 1.165) is 107 Å². The summed E-state index contributed by atoms with van der Waals surface area (Å²) in [5.41, 5.74) is 4.39. The third-order valence-electron chi connectivity index (χ3n) is 13.9. The Hall–Kier alpha value is -4.82. The van der Waals surface area contributed by atoms with Gasteiger partial charge in [-0.1, -0.05) is 19.1 Å². The second kappa shape index (κ2) is 14.6. The van der Waals surface area contributed by atoms with Crippen LogP contribution in [-0.2, 0) is 16.1 Å². The first kappa shape index (κ1) is 36.8. The van der Waals surface area contributed by atoms with Gasteiger partial charge in [0, 0.05) is 74.6 Å². The molecule has 0 spiro atoms. The van der Waals surface area contributed by atoms with Crippen LogP contribution >= 0.6 is 0 Å². The van der Waals surface area contributed by atoms with Crippen LogP contribution < -0.4 is 20.4 Å². The zero-order valence-electron chi connectivity index (χ0n) is 32.3. The Morgan fingerprint density at radius 2 is 1.77 bits per heavy atom. The van der Waals surface area contributed by atoms with E-state index >= 15 is 0 Å². The number of phenols is 1. The first-order valence-corrected chi connectivity index (χ1v) is 20.4. The molecule has 0 unspecified atom stereocenters. The third kappa shape index (κ3) is 6.53. The first-order chi connectivity index (χ1) is 27.1. The van der Waals surface area contributed by atoms with Crippen LogP contribution in [0.15, 0.2) is 42.5 Å². The number of nitrogens with zero attached hydrogens (tertiary/aromatic N) is 7. The number of hydrogen-bond acceptors (Lipinski definition) is 11. The number of likely N-dealkylation sites (tertiary alicyclic amines) is 1. The van der Waals surface area contributed by atoms with E-state index in [1.54, 1.807) is 17.0 Å². The molecule has 6 aliphatic rings. The third-order valence-corrected chi connectivity index (χ3v) is 13.9. The molecule has 4 fully saturated rings. The summed E-state index contributed by atoms with van der Waals surface area (Å²) in [7, 11) is 2.30. The average Bonchev–Trinajstić information content (AvgIpc) is 3.77. The number of nitrogens with one attached hydrogen (secondary N) is 2. The highest BCUT2D eigenvalue weighted by Crippen LogP contribution is 2.46. The molecule has 1 aromatic heterocycles. The van der Waals surface area contributed by atoms with Crippen LogP contribution in [0.25, 0.3) is 11.3 Å². The van der Waals surface area contributed by atoms with Crippen LogP contribution in [-0.4, -0.2) is 124 Å². The highest BCUT2D eigenvalue weighted by atomic mass is 19.1. The zero-order chi connectivity index (χ0) is 38.7. The molecule has 0 bridgehead atoms. The minimum atomic E-state index is -0.670. The molecule has 13 nitrogen and oxygen atoms in total. The van der Waals surface area contributed by atoms with Crippen LogP contribution in [0, 0.1) is 11.7 Å². The number of carbonyl (C=O) groups excluding carboxylic acids is 3. The number of fused-ring (bicyclic) bond motifs is 4. The van der Waals surface area contributed by atoms with Gasteiger partial charge in [-0.2, -0.15) is 0 Å². The van der Waals surface area contributed by atoms with Gasteiger partial charge >= 0.3 is 0 Å². The second-order valence-electron chi connectivity index (χ2n) is 16.9. The number of hydrogen-bond donors (Lipinski definition) is 3. The van der Waals surface area contributed by atoms with E-state index in [0.29, 0.717) is 47.8 Å². The molecule has 2 aromatic carbocycles. The maximum Gasteiger partial charge on any atom is 0.255 e. The number of piperidine rings is 3. The number of aromatic nitrogens is 2. The van der Waals surface area contributed by atoms with Crippen molar-refractivity contribution < 1.29 is 23.9 Å². The molecule has 3 amide bonds. The summed E-state index contributed by atoms with van der Waals surface area (Å²) in [5, 5.41) is 25.2. The Morgan fingerprint density at radius 1 is 0.964 bits per heavy atom. The van der Waals surface area contributed by atoms with Gasteiger partial charge in [0.25, 0.3) is 5.91 Å². The Balaban J connectivity index is 0.773. The van der Waals surface area contributed by atoms with Gasteiger partial charge in [-0.15, -0.1) is 10.2 Å². The van der Waals surface area contributed by atoms with Gasteiger partial charge in [0.2, 0.25) is 11.8 Å². The molecule has 296 valence electrons. The fourth-order valence-corrected chi connectivity index (χ4v) is 10.4.